The summed E-state index contributed by atoms with van der Waals surface area (Å²) in [5.74, 6) is -0.161. The lowest BCUT2D eigenvalue weighted by molar-refractivity contribution is -0.885. The van der Waals surface area contributed by atoms with Crippen LogP contribution in [-0.4, -0.2) is 35.6 Å². The van der Waals surface area contributed by atoms with Gasteiger partial charge in [0.05, 0.1) is 7.05 Å². The van der Waals surface area contributed by atoms with E-state index in [0.717, 1.165) is 17.7 Å². The smallest absolute Gasteiger partial charge is 0.330 e. The normalized spacial score (nSPS) is 12.1. The Morgan fingerprint density at radius 2 is 2.11 bits per heavy atom. The van der Waals surface area contributed by atoms with E-state index in [0.29, 0.717) is 19.6 Å². The summed E-state index contributed by atoms with van der Waals surface area (Å²) in [6, 6.07) is 2.03. The van der Waals surface area contributed by atoms with Crippen molar-refractivity contribution in [2.24, 2.45) is 0 Å². The highest BCUT2D eigenvalue weighted by Crippen LogP contribution is 2.16. The summed E-state index contributed by atoms with van der Waals surface area (Å²) in [4.78, 5) is 42.0. The summed E-state index contributed by atoms with van der Waals surface area (Å²) in [6.45, 7) is 5.42. The number of anilines is 2. The molecule has 0 aliphatic rings. The number of aromatic nitrogens is 2. The number of H-pyrrole nitrogens is 1. The second kappa shape index (κ2) is 9.52. The number of aromatic amines is 1. The van der Waals surface area contributed by atoms with E-state index in [1.54, 1.807) is 18.3 Å². The van der Waals surface area contributed by atoms with Crippen molar-refractivity contribution in [2.45, 2.75) is 39.8 Å². The number of nitrogens with one attached hydrogen (secondary N) is 2. The Balaban J connectivity index is 2.26. The van der Waals surface area contributed by atoms with E-state index in [2.05, 4.69) is 10.4 Å². The fourth-order valence-corrected chi connectivity index (χ4v) is 3.66. The van der Waals surface area contributed by atoms with Crippen molar-refractivity contribution in [3.8, 4) is 0 Å². The third-order valence-electron chi connectivity index (χ3n) is 4.38. The van der Waals surface area contributed by atoms with Crippen LogP contribution in [0.2, 0.25) is 0 Å². The van der Waals surface area contributed by atoms with Gasteiger partial charge in [-0.2, -0.15) is 11.3 Å². The molecule has 0 saturated carbocycles. The van der Waals surface area contributed by atoms with E-state index < -0.39 is 11.2 Å². The van der Waals surface area contributed by atoms with Gasteiger partial charge in [0, 0.05) is 18.7 Å². The van der Waals surface area contributed by atoms with Gasteiger partial charge in [-0.1, -0.05) is 13.3 Å². The lowest BCUT2D eigenvalue weighted by atomic mass is 10.3. The molecule has 2 aromatic heterocycles. The summed E-state index contributed by atoms with van der Waals surface area (Å²) in [6.07, 6.45) is 1.64. The molecular weight excluding hydrogens is 366 g/mol. The maximum Gasteiger partial charge on any atom is 0.330 e. The lowest BCUT2D eigenvalue weighted by Crippen LogP contribution is -3.09. The second-order valence-electron chi connectivity index (χ2n) is 6.58. The molecule has 0 saturated heterocycles. The summed E-state index contributed by atoms with van der Waals surface area (Å²) < 4.78 is 1.33. The van der Waals surface area contributed by atoms with Gasteiger partial charge in [0.15, 0.2) is 12.2 Å². The highest BCUT2D eigenvalue weighted by atomic mass is 32.1. The number of thiophene rings is 1. The number of rotatable bonds is 9. The van der Waals surface area contributed by atoms with Crippen LogP contribution in [0.5, 0.6) is 0 Å². The molecule has 0 bridgehead atoms. The van der Waals surface area contributed by atoms with Crippen LogP contribution in [0.15, 0.2) is 26.4 Å². The molecule has 1 unspecified atom stereocenters. The number of nitrogens with zero attached hydrogens (tertiary/aromatic N) is 2. The van der Waals surface area contributed by atoms with Crippen molar-refractivity contribution in [3.63, 3.8) is 0 Å². The molecule has 0 aromatic carbocycles. The molecule has 0 radical (unpaired) electrons. The van der Waals surface area contributed by atoms with Gasteiger partial charge in [-0.25, -0.2) is 4.79 Å². The molecule has 148 valence electrons. The van der Waals surface area contributed by atoms with Crippen LogP contribution in [-0.2, 0) is 17.9 Å². The van der Waals surface area contributed by atoms with Crippen LogP contribution >= 0.6 is 11.3 Å². The quantitative estimate of drug-likeness (QED) is 0.559. The molecule has 8 nitrogen and oxygen atoms in total. The molecule has 4 N–H and O–H groups in total. The molecule has 0 fully saturated rings. The molecule has 0 spiro atoms. The Morgan fingerprint density at radius 3 is 2.70 bits per heavy atom. The first-order chi connectivity index (χ1) is 12.9. The Hall–Kier alpha value is -2.39. The summed E-state index contributed by atoms with van der Waals surface area (Å²) >= 11 is 1.62. The predicted molar refractivity (Wildman–Crippen MR) is 108 cm³/mol. The minimum Gasteiger partial charge on any atom is -0.383 e. The van der Waals surface area contributed by atoms with Gasteiger partial charge in [0.1, 0.15) is 12.4 Å². The highest BCUT2D eigenvalue weighted by molar-refractivity contribution is 7.07. The minimum absolute atomic E-state index is 0.0443. The number of nitrogen functional groups attached to an aromatic ring is 1. The zero-order chi connectivity index (χ0) is 20.0. The molecule has 9 heteroatoms. The Morgan fingerprint density at radius 1 is 1.37 bits per heavy atom. The predicted octanol–water partition coefficient (Wildman–Crippen LogP) is 0.0482. The number of hydrogen-bond acceptors (Lipinski definition) is 5. The standard InChI is InChI=1S/C18H27N5O3S/c1-4-6-8-23-16(19)15(17(25)20-18(23)26)22(5-2)14(24)11-21(3)10-13-7-9-27-12-13/h7,9,12H,4-6,8,10-11,19H2,1-3H3,(H,20,25,26)/p+1. The van der Waals surface area contributed by atoms with Crippen molar-refractivity contribution in [2.75, 3.05) is 30.8 Å². The molecule has 2 rings (SSSR count). The fourth-order valence-electron chi connectivity index (χ4n) is 2.99. The largest absolute Gasteiger partial charge is 0.383 e. The van der Waals surface area contributed by atoms with E-state index >= 15 is 0 Å². The van der Waals surface area contributed by atoms with Crippen LogP contribution in [0.3, 0.4) is 0 Å². The van der Waals surface area contributed by atoms with Crippen LogP contribution in [0.25, 0.3) is 0 Å². The van der Waals surface area contributed by atoms with Crippen molar-refractivity contribution in [1.82, 2.24) is 9.55 Å². The molecule has 1 atom stereocenters. The topological polar surface area (TPSA) is 106 Å². The zero-order valence-electron chi connectivity index (χ0n) is 16.1. The fraction of sp³-hybridized carbons (Fsp3) is 0.500. The monoisotopic (exact) mass is 394 g/mol. The van der Waals surface area contributed by atoms with Crippen LogP contribution < -0.4 is 26.8 Å². The molecule has 2 aromatic rings. The van der Waals surface area contributed by atoms with Crippen molar-refractivity contribution in [3.05, 3.63) is 43.2 Å². The maximum absolute atomic E-state index is 12.8. The number of likely N-dealkylation sites (N-methyl/N-ethyl adjacent to an activating group) is 2. The number of hydrogen-bond donors (Lipinski definition) is 3. The molecule has 27 heavy (non-hydrogen) atoms. The first-order valence-corrected chi connectivity index (χ1v) is 10.1. The van der Waals surface area contributed by atoms with Gasteiger partial charge in [0.2, 0.25) is 0 Å². The van der Waals surface area contributed by atoms with E-state index in [1.807, 2.05) is 25.4 Å². The van der Waals surface area contributed by atoms with Gasteiger partial charge < -0.3 is 10.6 Å². The Kier molecular flexibility index (Phi) is 7.37. The Labute approximate surface area is 162 Å². The van der Waals surface area contributed by atoms with Crippen molar-refractivity contribution < 1.29 is 9.69 Å². The average Bonchev–Trinajstić information content (AvgIpc) is 3.10. The van der Waals surface area contributed by atoms with Gasteiger partial charge in [-0.15, -0.1) is 0 Å². The third-order valence-corrected chi connectivity index (χ3v) is 5.11. The maximum atomic E-state index is 12.8. The van der Waals surface area contributed by atoms with Gasteiger partial charge >= 0.3 is 5.69 Å². The summed E-state index contributed by atoms with van der Waals surface area (Å²) in [5, 5.41) is 4.06. The number of carbonyl (C=O) groups is 1. The summed E-state index contributed by atoms with van der Waals surface area (Å²) in [5.41, 5.74) is 6.17. The number of unbranched alkanes of at least 4 members (excludes halogenated alkanes) is 1. The Bertz CT molecular complexity index is 872. The lowest BCUT2D eigenvalue weighted by Gasteiger charge is -2.24. The van der Waals surface area contributed by atoms with Gasteiger partial charge in [-0.3, -0.25) is 24.0 Å². The molecule has 0 aliphatic heterocycles. The highest BCUT2D eigenvalue weighted by Gasteiger charge is 2.25. The van der Waals surface area contributed by atoms with E-state index in [9.17, 15) is 14.4 Å². The number of quaternary nitrogens is 1. The van der Waals surface area contributed by atoms with E-state index in [4.69, 9.17) is 5.73 Å². The van der Waals surface area contributed by atoms with Crippen LogP contribution in [0.4, 0.5) is 11.5 Å². The zero-order valence-corrected chi connectivity index (χ0v) is 16.9. The van der Waals surface area contributed by atoms with Crippen molar-refractivity contribution >= 4 is 28.7 Å². The summed E-state index contributed by atoms with van der Waals surface area (Å²) in [7, 11) is 1.93. The van der Waals surface area contributed by atoms with Crippen molar-refractivity contribution in [1.29, 1.82) is 0 Å². The molecule has 2 heterocycles. The van der Waals surface area contributed by atoms with Crippen LogP contribution in [0, 0.1) is 0 Å². The molecule has 1 amide bonds. The van der Waals surface area contributed by atoms with E-state index in [-0.39, 0.29) is 24.0 Å². The molecule has 0 aliphatic carbocycles. The van der Waals surface area contributed by atoms with Gasteiger partial charge in [0.25, 0.3) is 11.5 Å². The first-order valence-electron chi connectivity index (χ1n) is 9.14. The second-order valence-corrected chi connectivity index (χ2v) is 7.36. The van der Waals surface area contributed by atoms with Gasteiger partial charge in [-0.05, 0) is 30.2 Å². The number of amides is 1. The first kappa shape index (κ1) is 20.9. The minimum atomic E-state index is -0.629. The average molecular weight is 395 g/mol. The SMILES string of the molecule is CCCCn1c(N)c(N(CC)C(=O)C[NH+](C)Cc2ccsc2)c(=O)[nH]c1=O. The molecular formula is C18H28N5O3S+. The third kappa shape index (κ3) is 5.08. The van der Waals surface area contributed by atoms with E-state index in [1.165, 1.54) is 15.0 Å². The number of carbonyl (C=O) groups excluding carboxylic acids is 1. The van der Waals surface area contributed by atoms with Crippen LogP contribution in [0.1, 0.15) is 32.3 Å². The number of nitrogens with two attached hydrogens (primary N) is 1.